The lowest BCUT2D eigenvalue weighted by Gasteiger charge is -2.05. The maximum Gasteiger partial charge on any atom is 0.179 e. The number of sulfone groups is 1. The van der Waals surface area contributed by atoms with Crippen molar-refractivity contribution in [2.45, 2.75) is 11.4 Å². The number of hydrogen-bond acceptors (Lipinski definition) is 5. The van der Waals surface area contributed by atoms with E-state index in [1.807, 2.05) is 12.1 Å². The highest BCUT2D eigenvalue weighted by Gasteiger charge is 2.14. The maximum absolute atomic E-state index is 12.1. The molecule has 6 heteroatoms. The zero-order valence-electron chi connectivity index (χ0n) is 10.7. The number of nitriles is 1. The summed E-state index contributed by atoms with van der Waals surface area (Å²) in [4.78, 5) is 0.177. The van der Waals surface area contributed by atoms with Gasteiger partial charge in [0.25, 0.3) is 0 Å². The molecule has 5 nitrogen and oxygen atoms in total. The van der Waals surface area contributed by atoms with Crippen LogP contribution in [-0.2, 0) is 16.4 Å². The van der Waals surface area contributed by atoms with Crippen LogP contribution in [0.1, 0.15) is 11.3 Å². The normalized spacial score (nSPS) is 11.2. The standard InChI is InChI=1S/C14H14N2O3S/c15-10-12-3-1-5-14(9-12)20(17,18)8-6-16-11-13-4-2-7-19-13/h1-5,7,9,16H,6,8,11H2. The molecule has 20 heavy (non-hydrogen) atoms. The van der Waals surface area contributed by atoms with Gasteiger partial charge in [0.15, 0.2) is 9.84 Å². The summed E-state index contributed by atoms with van der Waals surface area (Å²) in [6.07, 6.45) is 1.57. The Balaban J connectivity index is 1.92. The minimum absolute atomic E-state index is 0.0252. The molecule has 2 rings (SSSR count). The Morgan fingerprint density at radius 1 is 1.25 bits per heavy atom. The second-order valence-electron chi connectivity index (χ2n) is 4.21. The van der Waals surface area contributed by atoms with Crippen LogP contribution in [0, 0.1) is 11.3 Å². The monoisotopic (exact) mass is 290 g/mol. The summed E-state index contributed by atoms with van der Waals surface area (Å²) in [6.45, 7) is 0.806. The topological polar surface area (TPSA) is 83.1 Å². The lowest BCUT2D eigenvalue weighted by Crippen LogP contribution is -2.22. The highest BCUT2D eigenvalue weighted by atomic mass is 32.2. The Morgan fingerprint density at radius 2 is 2.10 bits per heavy atom. The van der Waals surface area contributed by atoms with Gasteiger partial charge in [0.05, 0.1) is 35.1 Å². The Kier molecular flexibility index (Phi) is 4.56. The third kappa shape index (κ3) is 3.70. The van der Waals surface area contributed by atoms with E-state index >= 15 is 0 Å². The molecular formula is C14H14N2O3S. The molecule has 0 atom stereocenters. The van der Waals surface area contributed by atoms with Gasteiger partial charge in [-0.2, -0.15) is 5.26 Å². The fraction of sp³-hybridized carbons (Fsp3) is 0.214. The van der Waals surface area contributed by atoms with Crippen molar-refractivity contribution in [2.75, 3.05) is 12.3 Å². The molecule has 0 radical (unpaired) electrons. The number of benzene rings is 1. The van der Waals surface area contributed by atoms with Crippen LogP contribution in [0.3, 0.4) is 0 Å². The largest absolute Gasteiger partial charge is 0.468 e. The van der Waals surface area contributed by atoms with E-state index in [2.05, 4.69) is 5.32 Å². The van der Waals surface area contributed by atoms with Gasteiger partial charge in [-0.05, 0) is 30.3 Å². The molecule has 0 unspecified atom stereocenters. The van der Waals surface area contributed by atoms with Crippen molar-refractivity contribution >= 4 is 9.84 Å². The van der Waals surface area contributed by atoms with Gasteiger partial charge in [-0.15, -0.1) is 0 Å². The van der Waals surface area contributed by atoms with Crippen molar-refractivity contribution in [3.05, 3.63) is 54.0 Å². The Labute approximate surface area is 117 Å². The van der Waals surface area contributed by atoms with E-state index in [4.69, 9.17) is 9.68 Å². The number of hydrogen-bond donors (Lipinski definition) is 1. The van der Waals surface area contributed by atoms with Crippen molar-refractivity contribution in [2.24, 2.45) is 0 Å². The minimum atomic E-state index is -3.38. The van der Waals surface area contributed by atoms with Crippen LogP contribution in [0.4, 0.5) is 0 Å². The summed E-state index contributed by atoms with van der Waals surface area (Å²) in [6, 6.07) is 11.6. The first kappa shape index (κ1) is 14.3. The highest BCUT2D eigenvalue weighted by Crippen LogP contribution is 2.12. The summed E-state index contributed by atoms with van der Waals surface area (Å²) >= 11 is 0. The molecule has 104 valence electrons. The molecule has 0 fully saturated rings. The summed E-state index contributed by atoms with van der Waals surface area (Å²) in [7, 11) is -3.38. The third-order valence-corrected chi connectivity index (χ3v) is 4.46. The fourth-order valence-electron chi connectivity index (χ4n) is 1.71. The first-order valence-electron chi connectivity index (χ1n) is 6.08. The average Bonchev–Trinajstić information content (AvgIpc) is 2.97. The van der Waals surface area contributed by atoms with E-state index in [1.165, 1.54) is 12.1 Å². The highest BCUT2D eigenvalue weighted by molar-refractivity contribution is 7.91. The van der Waals surface area contributed by atoms with Gasteiger partial charge in [-0.3, -0.25) is 0 Å². The van der Waals surface area contributed by atoms with Crippen LogP contribution in [0.25, 0.3) is 0 Å². The van der Waals surface area contributed by atoms with Gasteiger partial charge in [0.1, 0.15) is 5.76 Å². The molecule has 1 heterocycles. The zero-order valence-corrected chi connectivity index (χ0v) is 11.6. The molecule has 0 amide bonds. The van der Waals surface area contributed by atoms with E-state index in [0.717, 1.165) is 5.76 Å². The lowest BCUT2D eigenvalue weighted by molar-refractivity contribution is 0.487. The van der Waals surface area contributed by atoms with Gasteiger partial charge in [-0.25, -0.2) is 8.42 Å². The first-order chi connectivity index (χ1) is 9.62. The predicted molar refractivity (Wildman–Crippen MR) is 73.6 cm³/mol. The molecule has 0 bridgehead atoms. The van der Waals surface area contributed by atoms with Crippen molar-refractivity contribution in [3.63, 3.8) is 0 Å². The van der Waals surface area contributed by atoms with E-state index in [9.17, 15) is 8.42 Å². The minimum Gasteiger partial charge on any atom is -0.468 e. The van der Waals surface area contributed by atoms with E-state index < -0.39 is 9.84 Å². The zero-order chi connectivity index (χ0) is 14.4. The quantitative estimate of drug-likeness (QED) is 0.819. The second kappa shape index (κ2) is 6.37. The van der Waals surface area contributed by atoms with Crippen LogP contribution in [-0.4, -0.2) is 20.7 Å². The predicted octanol–water partition coefficient (Wildman–Crippen LogP) is 1.71. The number of nitrogens with zero attached hydrogens (tertiary/aromatic N) is 1. The molecule has 2 aromatic rings. The van der Waals surface area contributed by atoms with Crippen molar-refractivity contribution < 1.29 is 12.8 Å². The van der Waals surface area contributed by atoms with Crippen LogP contribution in [0.5, 0.6) is 0 Å². The molecule has 0 saturated heterocycles. The molecule has 1 aromatic carbocycles. The lowest BCUT2D eigenvalue weighted by atomic mass is 10.2. The molecule has 0 saturated carbocycles. The van der Waals surface area contributed by atoms with Gasteiger partial charge in [0.2, 0.25) is 0 Å². The average molecular weight is 290 g/mol. The van der Waals surface area contributed by atoms with Crippen LogP contribution >= 0.6 is 0 Å². The molecule has 0 spiro atoms. The SMILES string of the molecule is N#Cc1cccc(S(=O)(=O)CCNCc2ccco2)c1. The van der Waals surface area contributed by atoms with E-state index in [0.29, 0.717) is 18.7 Å². The van der Waals surface area contributed by atoms with Crippen molar-refractivity contribution in [1.29, 1.82) is 5.26 Å². The van der Waals surface area contributed by atoms with Gasteiger partial charge >= 0.3 is 0 Å². The smallest absolute Gasteiger partial charge is 0.179 e. The van der Waals surface area contributed by atoms with Crippen molar-refractivity contribution in [1.82, 2.24) is 5.32 Å². The molecule has 0 aliphatic heterocycles. The molecular weight excluding hydrogens is 276 g/mol. The van der Waals surface area contributed by atoms with Gasteiger partial charge in [0, 0.05) is 6.54 Å². The number of furan rings is 1. The summed E-state index contributed by atoms with van der Waals surface area (Å²) < 4.78 is 29.3. The van der Waals surface area contributed by atoms with E-state index in [-0.39, 0.29) is 10.6 Å². The van der Waals surface area contributed by atoms with Crippen LogP contribution in [0.2, 0.25) is 0 Å². The second-order valence-corrected chi connectivity index (χ2v) is 6.32. The van der Waals surface area contributed by atoms with Gasteiger partial charge in [-0.1, -0.05) is 6.07 Å². The Hall–Kier alpha value is -2.10. The van der Waals surface area contributed by atoms with Gasteiger partial charge < -0.3 is 9.73 Å². The van der Waals surface area contributed by atoms with Crippen molar-refractivity contribution in [3.8, 4) is 6.07 Å². The number of rotatable bonds is 6. The molecule has 0 aliphatic rings. The molecule has 0 aliphatic carbocycles. The first-order valence-corrected chi connectivity index (χ1v) is 7.73. The maximum atomic E-state index is 12.1. The van der Waals surface area contributed by atoms with Crippen LogP contribution < -0.4 is 5.32 Å². The molecule has 1 aromatic heterocycles. The molecule has 1 N–H and O–H groups in total. The Morgan fingerprint density at radius 3 is 2.80 bits per heavy atom. The fourth-order valence-corrected chi connectivity index (χ4v) is 2.95. The Bertz CT molecular complexity index is 700. The van der Waals surface area contributed by atoms with Crippen LogP contribution in [0.15, 0.2) is 52.0 Å². The third-order valence-electron chi connectivity index (χ3n) is 2.75. The summed E-state index contributed by atoms with van der Waals surface area (Å²) in [5.41, 5.74) is 0.342. The number of nitrogens with one attached hydrogen (secondary N) is 1. The summed E-state index contributed by atoms with van der Waals surface area (Å²) in [5.74, 6) is 0.733. The van der Waals surface area contributed by atoms with E-state index in [1.54, 1.807) is 24.5 Å². The summed E-state index contributed by atoms with van der Waals surface area (Å²) in [5, 5.41) is 11.8.